The second kappa shape index (κ2) is 6.00. The van der Waals surface area contributed by atoms with Crippen molar-refractivity contribution in [3.05, 3.63) is 22.2 Å². The van der Waals surface area contributed by atoms with Crippen molar-refractivity contribution < 1.29 is 10.0 Å². The van der Waals surface area contributed by atoms with Crippen LogP contribution in [0.15, 0.2) is 12.1 Å². The molecule has 1 aromatic rings. The molecule has 0 aromatic carbocycles. The Bertz CT molecular complexity index is 397. The molecule has 0 bridgehead atoms. The number of nitrogens with one attached hydrogen (secondary N) is 1. The van der Waals surface area contributed by atoms with Crippen LogP contribution in [0.1, 0.15) is 19.8 Å². The molecule has 17 heavy (non-hydrogen) atoms. The first kappa shape index (κ1) is 13.2. The Morgan fingerprint density at radius 1 is 1.65 bits per heavy atom. The highest BCUT2D eigenvalue weighted by atomic mass is 16.6. The Labute approximate surface area is 98.8 Å². The summed E-state index contributed by atoms with van der Waals surface area (Å²) in [4.78, 5) is 13.9. The summed E-state index contributed by atoms with van der Waals surface area (Å²) < 4.78 is 0. The standard InChI is InChI=1S/C10H16N4O3/c1-2-7(5-6-15)12-9-4-3-8(14(16)17)10(11)13-9/h3-4,7,15H,2,5-6H2,1H3,(H3,11,12,13). The zero-order valence-corrected chi connectivity index (χ0v) is 9.59. The number of aliphatic hydroxyl groups excluding tert-OH is 1. The topological polar surface area (TPSA) is 114 Å². The van der Waals surface area contributed by atoms with Gasteiger partial charge in [-0.25, -0.2) is 4.98 Å². The molecule has 7 nitrogen and oxygen atoms in total. The van der Waals surface area contributed by atoms with Gasteiger partial charge in [-0.15, -0.1) is 0 Å². The van der Waals surface area contributed by atoms with Crippen LogP contribution in [0.3, 0.4) is 0 Å². The number of hydrogen-bond acceptors (Lipinski definition) is 6. The van der Waals surface area contributed by atoms with Crippen LogP contribution < -0.4 is 11.1 Å². The summed E-state index contributed by atoms with van der Waals surface area (Å²) >= 11 is 0. The number of pyridine rings is 1. The molecule has 4 N–H and O–H groups in total. The summed E-state index contributed by atoms with van der Waals surface area (Å²) in [6.07, 6.45) is 1.41. The summed E-state index contributed by atoms with van der Waals surface area (Å²) in [6, 6.07) is 2.90. The lowest BCUT2D eigenvalue weighted by molar-refractivity contribution is -0.384. The van der Waals surface area contributed by atoms with E-state index < -0.39 is 4.92 Å². The normalized spacial score (nSPS) is 12.1. The smallest absolute Gasteiger partial charge is 0.311 e. The minimum Gasteiger partial charge on any atom is -0.396 e. The highest BCUT2D eigenvalue weighted by Crippen LogP contribution is 2.21. The van der Waals surface area contributed by atoms with Crippen LogP contribution >= 0.6 is 0 Å². The van der Waals surface area contributed by atoms with Crippen molar-refractivity contribution in [3.8, 4) is 0 Å². The molecule has 0 aliphatic rings. The SMILES string of the molecule is CCC(CCO)Nc1ccc([N+](=O)[O-])c(N)n1. The molecule has 1 heterocycles. The van der Waals surface area contributed by atoms with E-state index in [4.69, 9.17) is 10.8 Å². The third-order valence-corrected chi connectivity index (χ3v) is 2.42. The maximum Gasteiger partial charge on any atom is 0.311 e. The molecule has 0 radical (unpaired) electrons. The molecule has 0 aliphatic heterocycles. The second-order valence-electron chi connectivity index (χ2n) is 3.62. The van der Waals surface area contributed by atoms with E-state index in [0.717, 1.165) is 6.42 Å². The van der Waals surface area contributed by atoms with Crippen molar-refractivity contribution in [2.24, 2.45) is 0 Å². The maximum absolute atomic E-state index is 10.5. The maximum atomic E-state index is 10.5. The summed E-state index contributed by atoms with van der Waals surface area (Å²) in [5.41, 5.74) is 5.27. The van der Waals surface area contributed by atoms with Crippen LogP contribution in [0.2, 0.25) is 0 Å². The number of aromatic nitrogens is 1. The highest BCUT2D eigenvalue weighted by molar-refractivity contribution is 5.57. The molecule has 0 spiro atoms. The van der Waals surface area contributed by atoms with Crippen LogP contribution in [-0.2, 0) is 0 Å². The number of aliphatic hydroxyl groups is 1. The van der Waals surface area contributed by atoms with E-state index in [2.05, 4.69) is 10.3 Å². The third-order valence-electron chi connectivity index (χ3n) is 2.42. The van der Waals surface area contributed by atoms with Crippen molar-refractivity contribution in [1.82, 2.24) is 4.98 Å². The highest BCUT2D eigenvalue weighted by Gasteiger charge is 2.14. The van der Waals surface area contributed by atoms with Gasteiger partial charge in [-0.1, -0.05) is 6.92 Å². The van der Waals surface area contributed by atoms with Gasteiger partial charge in [0.1, 0.15) is 5.82 Å². The molecule has 7 heteroatoms. The number of hydrogen-bond donors (Lipinski definition) is 3. The molecule has 1 aromatic heterocycles. The number of rotatable bonds is 6. The molecule has 0 saturated carbocycles. The van der Waals surface area contributed by atoms with Gasteiger partial charge in [-0.2, -0.15) is 0 Å². The van der Waals surface area contributed by atoms with Crippen molar-refractivity contribution in [1.29, 1.82) is 0 Å². The fourth-order valence-electron chi connectivity index (χ4n) is 1.45. The predicted octanol–water partition coefficient (Wildman–Crippen LogP) is 1.14. The van der Waals surface area contributed by atoms with Gasteiger partial charge in [-0.3, -0.25) is 10.1 Å². The van der Waals surface area contributed by atoms with Crippen LogP contribution in [0, 0.1) is 10.1 Å². The molecule has 1 unspecified atom stereocenters. The first-order chi connectivity index (χ1) is 8.08. The van der Waals surface area contributed by atoms with E-state index in [-0.39, 0.29) is 24.2 Å². The Hall–Kier alpha value is -1.89. The van der Waals surface area contributed by atoms with Crippen molar-refractivity contribution in [2.45, 2.75) is 25.8 Å². The van der Waals surface area contributed by atoms with E-state index in [9.17, 15) is 10.1 Å². The molecule has 0 saturated heterocycles. The summed E-state index contributed by atoms with van der Waals surface area (Å²) in [6.45, 7) is 2.05. The molecule has 0 fully saturated rings. The van der Waals surface area contributed by atoms with E-state index >= 15 is 0 Å². The van der Waals surface area contributed by atoms with E-state index in [1.807, 2.05) is 6.92 Å². The zero-order valence-electron chi connectivity index (χ0n) is 9.59. The van der Waals surface area contributed by atoms with E-state index in [1.165, 1.54) is 12.1 Å². The molecular weight excluding hydrogens is 224 g/mol. The monoisotopic (exact) mass is 240 g/mol. The van der Waals surface area contributed by atoms with Crippen LogP contribution in [0.5, 0.6) is 0 Å². The number of nitrogens with zero attached hydrogens (tertiary/aromatic N) is 2. The Morgan fingerprint density at radius 2 is 2.35 bits per heavy atom. The fourth-order valence-corrected chi connectivity index (χ4v) is 1.45. The van der Waals surface area contributed by atoms with Gasteiger partial charge in [0.05, 0.1) is 4.92 Å². The number of nitrogen functional groups attached to an aromatic ring is 1. The minimum absolute atomic E-state index is 0.0772. The van der Waals surface area contributed by atoms with Gasteiger partial charge in [-0.05, 0) is 18.9 Å². The lowest BCUT2D eigenvalue weighted by atomic mass is 10.1. The zero-order chi connectivity index (χ0) is 12.8. The van der Waals surface area contributed by atoms with Gasteiger partial charge in [0.25, 0.3) is 0 Å². The average molecular weight is 240 g/mol. The van der Waals surface area contributed by atoms with Crippen molar-refractivity contribution >= 4 is 17.3 Å². The third kappa shape index (κ3) is 3.56. The minimum atomic E-state index is -0.572. The molecule has 1 rings (SSSR count). The largest absolute Gasteiger partial charge is 0.396 e. The van der Waals surface area contributed by atoms with Crippen LogP contribution in [-0.4, -0.2) is 27.7 Å². The van der Waals surface area contributed by atoms with Gasteiger partial charge < -0.3 is 16.2 Å². The first-order valence-electron chi connectivity index (χ1n) is 5.36. The Balaban J connectivity index is 2.79. The van der Waals surface area contributed by atoms with E-state index in [0.29, 0.717) is 12.2 Å². The quantitative estimate of drug-likeness (QED) is 0.507. The number of nitrogens with two attached hydrogens (primary N) is 1. The first-order valence-corrected chi connectivity index (χ1v) is 5.36. The Kier molecular flexibility index (Phi) is 4.65. The van der Waals surface area contributed by atoms with Gasteiger partial charge >= 0.3 is 5.69 Å². The van der Waals surface area contributed by atoms with Crippen molar-refractivity contribution in [2.75, 3.05) is 17.7 Å². The summed E-state index contributed by atoms with van der Waals surface area (Å²) in [5.74, 6) is 0.368. The van der Waals surface area contributed by atoms with E-state index in [1.54, 1.807) is 0 Å². The molecular formula is C10H16N4O3. The molecule has 1 atom stereocenters. The second-order valence-corrected chi connectivity index (χ2v) is 3.62. The lowest BCUT2D eigenvalue weighted by Crippen LogP contribution is -2.20. The predicted molar refractivity (Wildman–Crippen MR) is 64.7 cm³/mol. The summed E-state index contributed by atoms with van der Waals surface area (Å²) in [5, 5.41) is 22.5. The van der Waals surface area contributed by atoms with Gasteiger partial charge in [0, 0.05) is 18.7 Å². The lowest BCUT2D eigenvalue weighted by Gasteiger charge is -2.16. The Morgan fingerprint density at radius 3 is 2.82 bits per heavy atom. The van der Waals surface area contributed by atoms with Gasteiger partial charge in [0.2, 0.25) is 5.82 Å². The summed E-state index contributed by atoms with van der Waals surface area (Å²) in [7, 11) is 0. The van der Waals surface area contributed by atoms with Crippen LogP contribution in [0.4, 0.5) is 17.3 Å². The molecule has 0 amide bonds. The van der Waals surface area contributed by atoms with Crippen LogP contribution in [0.25, 0.3) is 0 Å². The molecule has 0 aliphatic carbocycles. The van der Waals surface area contributed by atoms with Gasteiger partial charge in [0.15, 0.2) is 0 Å². The molecule has 94 valence electrons. The average Bonchev–Trinajstić information content (AvgIpc) is 2.28. The number of nitro groups is 1. The fraction of sp³-hybridized carbons (Fsp3) is 0.500. The van der Waals surface area contributed by atoms with Crippen molar-refractivity contribution in [3.63, 3.8) is 0 Å². The number of anilines is 2.